The Bertz CT molecular complexity index is 578. The molecule has 104 valence electrons. The molecule has 0 aliphatic rings. The summed E-state index contributed by atoms with van der Waals surface area (Å²) >= 11 is 0. The maximum atomic E-state index is 11.7. The highest BCUT2D eigenvalue weighted by molar-refractivity contribution is 5.80. The van der Waals surface area contributed by atoms with Crippen LogP contribution in [0.25, 0.3) is 0 Å². The third-order valence-electron chi connectivity index (χ3n) is 3.55. The van der Waals surface area contributed by atoms with Crippen molar-refractivity contribution < 1.29 is 9.90 Å². The van der Waals surface area contributed by atoms with Crippen LogP contribution in [0, 0.1) is 6.92 Å². The van der Waals surface area contributed by atoms with Crippen molar-refractivity contribution in [1.82, 2.24) is 5.32 Å². The topological polar surface area (TPSA) is 49.3 Å². The fourth-order valence-corrected chi connectivity index (χ4v) is 2.06. The standard InChI is InChI=1S/C17H19NO2/c1-13-8-10-15(11-9-13)17(2,16(19)20)18-12-14-6-4-3-5-7-14/h3-11,18H,12H2,1-2H3,(H,19,20). The first kappa shape index (κ1) is 14.3. The third-order valence-corrected chi connectivity index (χ3v) is 3.55. The second-order valence-electron chi connectivity index (χ2n) is 5.14. The van der Waals surface area contributed by atoms with Crippen LogP contribution in [-0.2, 0) is 16.9 Å². The molecule has 0 bridgehead atoms. The molecule has 0 aliphatic carbocycles. The molecule has 2 aromatic rings. The quantitative estimate of drug-likeness (QED) is 0.877. The van der Waals surface area contributed by atoms with Crippen LogP contribution >= 0.6 is 0 Å². The van der Waals surface area contributed by atoms with Gasteiger partial charge in [0.2, 0.25) is 0 Å². The molecule has 0 aromatic heterocycles. The number of hydrogen-bond donors (Lipinski definition) is 2. The van der Waals surface area contributed by atoms with Crippen LogP contribution in [0.4, 0.5) is 0 Å². The summed E-state index contributed by atoms with van der Waals surface area (Å²) in [6.07, 6.45) is 0. The number of carboxylic acids is 1. The average molecular weight is 269 g/mol. The lowest BCUT2D eigenvalue weighted by Gasteiger charge is -2.27. The molecule has 0 spiro atoms. The Kier molecular flexibility index (Phi) is 4.20. The van der Waals surface area contributed by atoms with E-state index >= 15 is 0 Å². The van der Waals surface area contributed by atoms with Crippen LogP contribution < -0.4 is 5.32 Å². The first-order valence-corrected chi connectivity index (χ1v) is 6.62. The van der Waals surface area contributed by atoms with Crippen LogP contribution in [0.3, 0.4) is 0 Å². The molecule has 2 rings (SSSR count). The van der Waals surface area contributed by atoms with Gasteiger partial charge < -0.3 is 5.11 Å². The fraction of sp³-hybridized carbons (Fsp3) is 0.235. The molecule has 2 N–H and O–H groups in total. The highest BCUT2D eigenvalue weighted by Gasteiger charge is 2.34. The minimum absolute atomic E-state index is 0.511. The van der Waals surface area contributed by atoms with E-state index in [1.165, 1.54) is 0 Å². The number of carboxylic acid groups (broad SMARTS) is 1. The summed E-state index contributed by atoms with van der Waals surface area (Å²) in [5.41, 5.74) is 1.84. The first-order chi connectivity index (χ1) is 9.52. The van der Waals surface area contributed by atoms with Crippen molar-refractivity contribution in [3.63, 3.8) is 0 Å². The maximum absolute atomic E-state index is 11.7. The number of nitrogens with one attached hydrogen (secondary N) is 1. The van der Waals surface area contributed by atoms with Crippen LogP contribution in [0.2, 0.25) is 0 Å². The van der Waals surface area contributed by atoms with E-state index < -0.39 is 11.5 Å². The molecule has 3 nitrogen and oxygen atoms in total. The van der Waals surface area contributed by atoms with Crippen molar-refractivity contribution >= 4 is 5.97 Å². The van der Waals surface area contributed by atoms with Crippen molar-refractivity contribution in [2.24, 2.45) is 0 Å². The average Bonchev–Trinajstić information content (AvgIpc) is 2.46. The number of aryl methyl sites for hydroxylation is 1. The van der Waals surface area contributed by atoms with Crippen LogP contribution in [0.1, 0.15) is 23.6 Å². The Labute approximate surface area is 119 Å². The Morgan fingerprint density at radius 3 is 2.25 bits per heavy atom. The van der Waals surface area contributed by atoms with Crippen LogP contribution in [0.5, 0.6) is 0 Å². The van der Waals surface area contributed by atoms with Gasteiger partial charge in [0.15, 0.2) is 0 Å². The van der Waals surface area contributed by atoms with Gasteiger partial charge in [-0.1, -0.05) is 60.2 Å². The Hall–Kier alpha value is -2.13. The van der Waals surface area contributed by atoms with Crippen molar-refractivity contribution in [3.05, 3.63) is 71.3 Å². The molecule has 0 amide bonds. The van der Waals surface area contributed by atoms with Crippen molar-refractivity contribution in [1.29, 1.82) is 0 Å². The van der Waals surface area contributed by atoms with E-state index in [4.69, 9.17) is 0 Å². The van der Waals surface area contributed by atoms with Gasteiger partial charge in [-0.25, -0.2) is 4.79 Å². The van der Waals surface area contributed by atoms with E-state index in [1.54, 1.807) is 6.92 Å². The van der Waals surface area contributed by atoms with Crippen molar-refractivity contribution in [3.8, 4) is 0 Å². The summed E-state index contributed by atoms with van der Waals surface area (Å²) in [7, 11) is 0. The van der Waals surface area contributed by atoms with Gasteiger partial charge >= 0.3 is 5.97 Å². The van der Waals surface area contributed by atoms with E-state index in [0.29, 0.717) is 6.54 Å². The number of rotatable bonds is 5. The minimum Gasteiger partial charge on any atom is -0.480 e. The van der Waals surface area contributed by atoms with E-state index in [9.17, 15) is 9.90 Å². The van der Waals surface area contributed by atoms with Crippen molar-refractivity contribution in [2.45, 2.75) is 25.9 Å². The Morgan fingerprint density at radius 2 is 1.70 bits per heavy atom. The summed E-state index contributed by atoms with van der Waals surface area (Å²) in [6.45, 7) is 4.19. The van der Waals surface area contributed by atoms with E-state index in [-0.39, 0.29) is 0 Å². The molecule has 20 heavy (non-hydrogen) atoms. The molecular weight excluding hydrogens is 250 g/mol. The second kappa shape index (κ2) is 5.88. The van der Waals surface area contributed by atoms with Gasteiger partial charge in [0.25, 0.3) is 0 Å². The molecule has 0 saturated carbocycles. The highest BCUT2D eigenvalue weighted by atomic mass is 16.4. The van der Waals surface area contributed by atoms with E-state index in [0.717, 1.165) is 16.7 Å². The molecule has 0 fully saturated rings. The summed E-state index contributed by atoms with van der Waals surface area (Å²) in [5, 5.41) is 12.7. The summed E-state index contributed by atoms with van der Waals surface area (Å²) in [5.74, 6) is -0.878. The predicted octanol–water partition coefficient (Wildman–Crippen LogP) is 3.08. The first-order valence-electron chi connectivity index (χ1n) is 6.62. The molecule has 2 aromatic carbocycles. The molecule has 0 saturated heterocycles. The minimum atomic E-state index is -1.09. The monoisotopic (exact) mass is 269 g/mol. The zero-order valence-corrected chi connectivity index (χ0v) is 11.8. The second-order valence-corrected chi connectivity index (χ2v) is 5.14. The molecule has 0 heterocycles. The van der Waals surface area contributed by atoms with Gasteiger partial charge in [-0.3, -0.25) is 5.32 Å². The zero-order valence-electron chi connectivity index (χ0n) is 11.8. The fourth-order valence-electron chi connectivity index (χ4n) is 2.06. The van der Waals surface area contributed by atoms with Gasteiger partial charge in [0.1, 0.15) is 5.54 Å². The molecular formula is C17H19NO2. The van der Waals surface area contributed by atoms with Gasteiger partial charge in [-0.2, -0.15) is 0 Å². The largest absolute Gasteiger partial charge is 0.480 e. The SMILES string of the molecule is Cc1ccc(C(C)(NCc2ccccc2)C(=O)O)cc1. The number of carbonyl (C=O) groups is 1. The lowest BCUT2D eigenvalue weighted by molar-refractivity contribution is -0.144. The number of benzene rings is 2. The molecule has 0 aliphatic heterocycles. The summed E-state index contributed by atoms with van der Waals surface area (Å²) in [6, 6.07) is 17.4. The molecule has 1 atom stereocenters. The van der Waals surface area contributed by atoms with Gasteiger partial charge in [0.05, 0.1) is 0 Å². The zero-order chi connectivity index (χ0) is 14.6. The Balaban J connectivity index is 2.21. The normalized spacial score (nSPS) is 13.7. The van der Waals surface area contributed by atoms with Gasteiger partial charge in [-0.15, -0.1) is 0 Å². The highest BCUT2D eigenvalue weighted by Crippen LogP contribution is 2.22. The van der Waals surface area contributed by atoms with Gasteiger partial charge in [-0.05, 0) is 25.0 Å². The Morgan fingerprint density at radius 1 is 1.10 bits per heavy atom. The third kappa shape index (κ3) is 3.06. The summed E-state index contributed by atoms with van der Waals surface area (Å²) < 4.78 is 0. The predicted molar refractivity (Wildman–Crippen MR) is 79.4 cm³/mol. The van der Waals surface area contributed by atoms with E-state index in [1.807, 2.05) is 61.5 Å². The molecule has 1 unspecified atom stereocenters. The maximum Gasteiger partial charge on any atom is 0.328 e. The van der Waals surface area contributed by atoms with Crippen LogP contribution in [-0.4, -0.2) is 11.1 Å². The van der Waals surface area contributed by atoms with Crippen molar-refractivity contribution in [2.75, 3.05) is 0 Å². The lowest BCUT2D eigenvalue weighted by atomic mass is 9.91. The van der Waals surface area contributed by atoms with Crippen LogP contribution in [0.15, 0.2) is 54.6 Å². The van der Waals surface area contributed by atoms with Gasteiger partial charge in [0, 0.05) is 6.54 Å². The smallest absolute Gasteiger partial charge is 0.328 e. The lowest BCUT2D eigenvalue weighted by Crippen LogP contribution is -2.46. The molecule has 3 heteroatoms. The number of hydrogen-bond acceptors (Lipinski definition) is 2. The van der Waals surface area contributed by atoms with E-state index in [2.05, 4.69) is 5.32 Å². The number of aliphatic carboxylic acids is 1. The molecule has 0 radical (unpaired) electrons. The summed E-state index contributed by atoms with van der Waals surface area (Å²) in [4.78, 5) is 11.7.